The minimum absolute atomic E-state index is 0.236. The fourth-order valence-corrected chi connectivity index (χ4v) is 1.63. The Morgan fingerprint density at radius 2 is 1.89 bits per heavy atom. The number of benzene rings is 1. The quantitative estimate of drug-likeness (QED) is 0.720. The third kappa shape index (κ3) is 5.48. The number of rotatable bonds is 7. The van der Waals surface area contributed by atoms with Gasteiger partial charge in [-0.05, 0) is 31.7 Å². The average molecular weight is 248 g/mol. The molecule has 1 rings (SSSR count). The first-order chi connectivity index (χ1) is 8.59. The summed E-state index contributed by atoms with van der Waals surface area (Å²) in [5.41, 5.74) is 1.25. The maximum absolute atomic E-state index is 11.4. The van der Waals surface area contributed by atoms with Crippen LogP contribution < -0.4 is 10.4 Å². The van der Waals surface area contributed by atoms with Gasteiger partial charge in [0, 0.05) is 6.42 Å². The molecule has 0 heterocycles. The second kappa shape index (κ2) is 7.48. The van der Waals surface area contributed by atoms with E-state index in [0.29, 0.717) is 6.42 Å². The largest absolute Gasteiger partial charge is 0.548 e. The van der Waals surface area contributed by atoms with Gasteiger partial charge in [-0.1, -0.05) is 30.3 Å². The summed E-state index contributed by atoms with van der Waals surface area (Å²) < 4.78 is 0. The van der Waals surface area contributed by atoms with Gasteiger partial charge in [0.05, 0.1) is 12.0 Å². The number of carbonyl (C=O) groups is 2. The van der Waals surface area contributed by atoms with Crippen molar-refractivity contribution in [3.63, 3.8) is 0 Å². The molecule has 1 N–H and O–H groups in total. The second-order valence-electron chi connectivity index (χ2n) is 4.30. The maximum Gasteiger partial charge on any atom is 0.220 e. The van der Waals surface area contributed by atoms with Crippen LogP contribution in [0, 0.1) is 0 Å². The number of hydrogen-bond acceptors (Lipinski definition) is 3. The number of carboxylic acid groups (broad SMARTS) is 1. The molecule has 1 amide bonds. The van der Waals surface area contributed by atoms with Crippen molar-refractivity contribution >= 4 is 11.9 Å². The van der Waals surface area contributed by atoms with E-state index in [0.717, 1.165) is 19.3 Å². The van der Waals surface area contributed by atoms with Crippen LogP contribution in [0.1, 0.15) is 31.7 Å². The van der Waals surface area contributed by atoms with Gasteiger partial charge < -0.3 is 15.2 Å². The Morgan fingerprint density at radius 1 is 1.22 bits per heavy atom. The van der Waals surface area contributed by atoms with Crippen molar-refractivity contribution in [2.24, 2.45) is 0 Å². The van der Waals surface area contributed by atoms with Crippen LogP contribution in [0.3, 0.4) is 0 Å². The normalized spacial score (nSPS) is 11.8. The monoisotopic (exact) mass is 248 g/mol. The molecule has 18 heavy (non-hydrogen) atoms. The van der Waals surface area contributed by atoms with Crippen LogP contribution in [-0.4, -0.2) is 17.9 Å². The second-order valence-corrected chi connectivity index (χ2v) is 4.30. The van der Waals surface area contributed by atoms with Gasteiger partial charge in [0.25, 0.3) is 0 Å². The Kier molecular flexibility index (Phi) is 5.91. The first-order valence-corrected chi connectivity index (χ1v) is 6.13. The van der Waals surface area contributed by atoms with Crippen molar-refractivity contribution in [3.05, 3.63) is 35.9 Å². The summed E-state index contributed by atoms with van der Waals surface area (Å²) in [6.07, 6.45) is 2.95. The van der Waals surface area contributed by atoms with E-state index in [1.165, 1.54) is 12.5 Å². The first kappa shape index (κ1) is 14.2. The molecule has 0 radical (unpaired) electrons. The summed E-state index contributed by atoms with van der Waals surface area (Å²) in [5, 5.41) is 12.8. The minimum Gasteiger partial charge on any atom is -0.548 e. The molecule has 0 saturated heterocycles. The highest BCUT2D eigenvalue weighted by molar-refractivity contribution is 5.82. The third-order valence-electron chi connectivity index (χ3n) is 2.69. The van der Waals surface area contributed by atoms with Gasteiger partial charge in [-0.25, -0.2) is 0 Å². The predicted octanol–water partition coefficient (Wildman–Crippen LogP) is 0.654. The summed E-state index contributed by atoms with van der Waals surface area (Å²) in [6, 6.07) is 9.13. The third-order valence-corrected chi connectivity index (χ3v) is 2.69. The first-order valence-electron chi connectivity index (χ1n) is 6.13. The number of carboxylic acids is 1. The summed E-state index contributed by atoms with van der Waals surface area (Å²) in [7, 11) is 0. The van der Waals surface area contributed by atoms with Gasteiger partial charge in [-0.2, -0.15) is 0 Å². The molecule has 98 valence electrons. The van der Waals surface area contributed by atoms with Crippen LogP contribution in [0.25, 0.3) is 0 Å². The number of amides is 1. The molecule has 1 aromatic carbocycles. The molecule has 4 heteroatoms. The molecule has 4 nitrogen and oxygen atoms in total. The molecule has 0 fully saturated rings. The SMILES string of the molecule is CC(NC(=O)CCCCc1ccccc1)C(=O)[O-]. The van der Waals surface area contributed by atoms with Gasteiger partial charge in [0.2, 0.25) is 5.91 Å². The summed E-state index contributed by atoms with van der Waals surface area (Å²) in [4.78, 5) is 21.8. The van der Waals surface area contributed by atoms with Gasteiger partial charge in [0.15, 0.2) is 0 Å². The van der Waals surface area contributed by atoms with Gasteiger partial charge >= 0.3 is 0 Å². The molecule has 0 aliphatic rings. The molecular formula is C14H18NO3-. The number of hydrogen-bond donors (Lipinski definition) is 1. The van der Waals surface area contributed by atoms with E-state index in [-0.39, 0.29) is 5.91 Å². The lowest BCUT2D eigenvalue weighted by Crippen LogP contribution is -2.45. The molecule has 1 unspecified atom stereocenters. The van der Waals surface area contributed by atoms with E-state index in [9.17, 15) is 14.7 Å². The molecule has 1 atom stereocenters. The highest BCUT2D eigenvalue weighted by Crippen LogP contribution is 2.06. The van der Waals surface area contributed by atoms with Crippen molar-refractivity contribution in [1.29, 1.82) is 0 Å². The van der Waals surface area contributed by atoms with Crippen LogP contribution in [-0.2, 0) is 16.0 Å². The van der Waals surface area contributed by atoms with E-state index in [2.05, 4.69) is 17.4 Å². The average Bonchev–Trinajstić information content (AvgIpc) is 2.35. The van der Waals surface area contributed by atoms with Gasteiger partial charge in [0.1, 0.15) is 0 Å². The molecule has 1 aromatic rings. The maximum atomic E-state index is 11.4. The zero-order valence-electron chi connectivity index (χ0n) is 10.5. The zero-order valence-corrected chi connectivity index (χ0v) is 10.5. The summed E-state index contributed by atoms with van der Waals surface area (Å²) in [5.74, 6) is -1.49. The van der Waals surface area contributed by atoms with Crippen molar-refractivity contribution in [2.75, 3.05) is 0 Å². The van der Waals surface area contributed by atoms with Crippen LogP contribution in [0.4, 0.5) is 0 Å². The van der Waals surface area contributed by atoms with Crippen LogP contribution in [0.2, 0.25) is 0 Å². The minimum atomic E-state index is -1.26. The van der Waals surface area contributed by atoms with Crippen molar-refractivity contribution in [3.8, 4) is 0 Å². The predicted molar refractivity (Wildman–Crippen MR) is 66.6 cm³/mol. The Morgan fingerprint density at radius 3 is 2.50 bits per heavy atom. The summed E-state index contributed by atoms with van der Waals surface area (Å²) >= 11 is 0. The van der Waals surface area contributed by atoms with Crippen molar-refractivity contribution in [2.45, 2.75) is 38.6 Å². The number of carbonyl (C=O) groups excluding carboxylic acids is 2. The molecule has 0 aromatic heterocycles. The molecule has 0 aliphatic carbocycles. The van der Waals surface area contributed by atoms with Gasteiger partial charge in [-0.3, -0.25) is 4.79 Å². The molecule has 0 spiro atoms. The molecule has 0 bridgehead atoms. The smallest absolute Gasteiger partial charge is 0.220 e. The molecular weight excluding hydrogens is 230 g/mol. The molecule has 0 aliphatic heterocycles. The Labute approximate surface area is 107 Å². The number of unbranched alkanes of at least 4 members (excludes halogenated alkanes) is 1. The Hall–Kier alpha value is -1.84. The fourth-order valence-electron chi connectivity index (χ4n) is 1.63. The number of aliphatic carboxylic acids is 1. The van der Waals surface area contributed by atoms with Crippen molar-refractivity contribution in [1.82, 2.24) is 5.32 Å². The van der Waals surface area contributed by atoms with Crippen LogP contribution >= 0.6 is 0 Å². The van der Waals surface area contributed by atoms with E-state index in [1.54, 1.807) is 0 Å². The lowest BCUT2D eigenvalue weighted by atomic mass is 10.1. The summed E-state index contributed by atoms with van der Waals surface area (Å²) in [6.45, 7) is 1.40. The standard InChI is InChI=1S/C14H19NO3/c1-11(14(17)18)15-13(16)10-6-5-9-12-7-3-2-4-8-12/h2-4,7-8,11H,5-6,9-10H2,1H3,(H,15,16)(H,17,18)/p-1. The fraction of sp³-hybridized carbons (Fsp3) is 0.429. The molecule has 0 saturated carbocycles. The lowest BCUT2D eigenvalue weighted by molar-refractivity contribution is -0.307. The van der Waals surface area contributed by atoms with E-state index >= 15 is 0 Å². The van der Waals surface area contributed by atoms with Gasteiger partial charge in [-0.15, -0.1) is 0 Å². The van der Waals surface area contributed by atoms with E-state index in [1.807, 2.05) is 18.2 Å². The topological polar surface area (TPSA) is 69.2 Å². The Balaban J connectivity index is 2.14. The Bertz CT molecular complexity index is 389. The number of aryl methyl sites for hydroxylation is 1. The van der Waals surface area contributed by atoms with Crippen LogP contribution in [0.5, 0.6) is 0 Å². The van der Waals surface area contributed by atoms with Crippen molar-refractivity contribution < 1.29 is 14.7 Å². The van der Waals surface area contributed by atoms with E-state index in [4.69, 9.17) is 0 Å². The highest BCUT2D eigenvalue weighted by atomic mass is 16.4. The zero-order chi connectivity index (χ0) is 13.4. The number of nitrogens with one attached hydrogen (secondary N) is 1. The highest BCUT2D eigenvalue weighted by Gasteiger charge is 2.07. The lowest BCUT2D eigenvalue weighted by Gasteiger charge is -2.14. The van der Waals surface area contributed by atoms with E-state index < -0.39 is 12.0 Å². The van der Waals surface area contributed by atoms with Crippen LogP contribution in [0.15, 0.2) is 30.3 Å².